The van der Waals surface area contributed by atoms with E-state index in [4.69, 9.17) is 4.74 Å². The Kier molecular flexibility index (Phi) is 2.73. The van der Waals surface area contributed by atoms with Gasteiger partial charge in [-0.25, -0.2) is 4.79 Å². The van der Waals surface area contributed by atoms with E-state index in [1.165, 1.54) is 18.2 Å². The molecule has 3 heteroatoms. The summed E-state index contributed by atoms with van der Waals surface area (Å²) in [7, 11) is 1.41. The lowest BCUT2D eigenvalue weighted by atomic mass is 9.91. The van der Waals surface area contributed by atoms with Gasteiger partial charge in [-0.05, 0) is 29.2 Å². The molecule has 0 amide bonds. The van der Waals surface area contributed by atoms with Gasteiger partial charge in [-0.3, -0.25) is 0 Å². The van der Waals surface area contributed by atoms with Crippen LogP contribution in [0.1, 0.15) is 34.3 Å². The molecule has 1 N–H and O–H groups in total. The summed E-state index contributed by atoms with van der Waals surface area (Å²) in [5.41, 5.74) is 3.17. The van der Waals surface area contributed by atoms with Gasteiger partial charge in [0.25, 0.3) is 0 Å². The maximum absolute atomic E-state index is 11.3. The lowest BCUT2D eigenvalue weighted by Gasteiger charge is -2.23. The first-order valence-corrected chi connectivity index (χ1v) is 5.14. The SMILES string of the molecule is COC(=O)c1ccc2c(c1)CNCC2C. The van der Waals surface area contributed by atoms with Crippen LogP contribution in [0, 0.1) is 0 Å². The van der Waals surface area contributed by atoms with E-state index in [0.717, 1.165) is 13.1 Å². The number of hydrogen-bond acceptors (Lipinski definition) is 3. The molecule has 1 unspecified atom stereocenters. The zero-order valence-electron chi connectivity index (χ0n) is 9.04. The van der Waals surface area contributed by atoms with Crippen LogP contribution in [0.3, 0.4) is 0 Å². The van der Waals surface area contributed by atoms with E-state index in [-0.39, 0.29) is 5.97 Å². The second-order valence-corrected chi connectivity index (χ2v) is 3.94. The lowest BCUT2D eigenvalue weighted by Crippen LogP contribution is -2.26. The maximum atomic E-state index is 11.3. The third-order valence-corrected chi connectivity index (χ3v) is 2.86. The number of esters is 1. The first-order valence-electron chi connectivity index (χ1n) is 5.14. The number of carbonyl (C=O) groups is 1. The van der Waals surface area contributed by atoms with Crippen molar-refractivity contribution in [3.63, 3.8) is 0 Å². The Morgan fingerprint density at radius 3 is 3.07 bits per heavy atom. The molecule has 0 bridgehead atoms. The van der Waals surface area contributed by atoms with Crippen molar-refractivity contribution in [1.29, 1.82) is 0 Å². The Balaban J connectivity index is 2.37. The predicted octanol–water partition coefficient (Wildman–Crippen LogP) is 1.68. The largest absolute Gasteiger partial charge is 0.465 e. The van der Waals surface area contributed by atoms with Gasteiger partial charge < -0.3 is 10.1 Å². The van der Waals surface area contributed by atoms with Gasteiger partial charge >= 0.3 is 5.97 Å². The molecule has 1 heterocycles. The van der Waals surface area contributed by atoms with Gasteiger partial charge in [0, 0.05) is 13.1 Å². The minimum atomic E-state index is -0.268. The molecule has 0 fully saturated rings. The predicted molar refractivity (Wildman–Crippen MR) is 57.9 cm³/mol. The van der Waals surface area contributed by atoms with E-state index >= 15 is 0 Å². The average molecular weight is 205 g/mol. The number of hydrogen-bond donors (Lipinski definition) is 1. The van der Waals surface area contributed by atoms with Crippen LogP contribution < -0.4 is 5.32 Å². The summed E-state index contributed by atoms with van der Waals surface area (Å²) >= 11 is 0. The Hall–Kier alpha value is -1.35. The van der Waals surface area contributed by atoms with Gasteiger partial charge in [0.2, 0.25) is 0 Å². The Bertz CT molecular complexity index is 387. The van der Waals surface area contributed by atoms with E-state index in [0.29, 0.717) is 11.5 Å². The number of ether oxygens (including phenoxy) is 1. The second kappa shape index (κ2) is 4.03. The number of nitrogens with one attached hydrogen (secondary N) is 1. The number of methoxy groups -OCH3 is 1. The fourth-order valence-electron chi connectivity index (χ4n) is 2.02. The van der Waals surface area contributed by atoms with Crippen molar-refractivity contribution in [2.45, 2.75) is 19.4 Å². The molecule has 0 saturated carbocycles. The second-order valence-electron chi connectivity index (χ2n) is 3.94. The highest BCUT2D eigenvalue weighted by Gasteiger charge is 2.17. The molecule has 0 aliphatic carbocycles. The monoisotopic (exact) mass is 205 g/mol. The van der Waals surface area contributed by atoms with Crippen molar-refractivity contribution >= 4 is 5.97 Å². The third kappa shape index (κ3) is 1.88. The summed E-state index contributed by atoms with van der Waals surface area (Å²) < 4.78 is 4.69. The molecular weight excluding hydrogens is 190 g/mol. The highest BCUT2D eigenvalue weighted by atomic mass is 16.5. The highest BCUT2D eigenvalue weighted by molar-refractivity contribution is 5.89. The first-order chi connectivity index (χ1) is 7.22. The number of rotatable bonds is 1. The Morgan fingerprint density at radius 2 is 2.33 bits per heavy atom. The van der Waals surface area contributed by atoms with Gasteiger partial charge in [-0.15, -0.1) is 0 Å². The third-order valence-electron chi connectivity index (χ3n) is 2.86. The van der Waals surface area contributed by atoms with Crippen molar-refractivity contribution in [3.05, 3.63) is 34.9 Å². The van der Waals surface area contributed by atoms with E-state index < -0.39 is 0 Å². The molecule has 1 aliphatic heterocycles. The molecule has 0 aromatic heterocycles. The van der Waals surface area contributed by atoms with E-state index in [1.807, 2.05) is 18.2 Å². The zero-order chi connectivity index (χ0) is 10.8. The van der Waals surface area contributed by atoms with Crippen molar-refractivity contribution in [2.75, 3.05) is 13.7 Å². The van der Waals surface area contributed by atoms with E-state index in [9.17, 15) is 4.79 Å². The smallest absolute Gasteiger partial charge is 0.337 e. The maximum Gasteiger partial charge on any atom is 0.337 e. The van der Waals surface area contributed by atoms with Crippen LogP contribution in [0.2, 0.25) is 0 Å². The molecule has 1 aromatic carbocycles. The molecule has 15 heavy (non-hydrogen) atoms. The van der Waals surface area contributed by atoms with Crippen molar-refractivity contribution in [2.24, 2.45) is 0 Å². The molecule has 80 valence electrons. The number of benzene rings is 1. The number of fused-ring (bicyclic) bond motifs is 1. The molecule has 3 nitrogen and oxygen atoms in total. The van der Waals surface area contributed by atoms with Gasteiger partial charge in [0.05, 0.1) is 12.7 Å². The Morgan fingerprint density at radius 1 is 1.53 bits per heavy atom. The normalized spacial score (nSPS) is 19.5. The lowest BCUT2D eigenvalue weighted by molar-refractivity contribution is 0.0600. The summed E-state index contributed by atoms with van der Waals surface area (Å²) in [4.78, 5) is 11.3. The van der Waals surface area contributed by atoms with Crippen molar-refractivity contribution in [1.82, 2.24) is 5.32 Å². The van der Waals surface area contributed by atoms with E-state index in [1.54, 1.807) is 0 Å². The van der Waals surface area contributed by atoms with Gasteiger partial charge in [0.15, 0.2) is 0 Å². The van der Waals surface area contributed by atoms with Crippen molar-refractivity contribution < 1.29 is 9.53 Å². The molecule has 1 aromatic rings. The van der Waals surface area contributed by atoms with Gasteiger partial charge in [-0.2, -0.15) is 0 Å². The first kappa shape index (κ1) is 10.2. The van der Waals surface area contributed by atoms with Crippen LogP contribution in [-0.2, 0) is 11.3 Å². The molecule has 1 aliphatic rings. The minimum Gasteiger partial charge on any atom is -0.465 e. The quantitative estimate of drug-likeness (QED) is 0.709. The zero-order valence-corrected chi connectivity index (χ0v) is 9.04. The fourth-order valence-corrected chi connectivity index (χ4v) is 2.02. The summed E-state index contributed by atoms with van der Waals surface area (Å²) in [5.74, 6) is 0.247. The molecule has 0 saturated heterocycles. The van der Waals surface area contributed by atoms with Crippen LogP contribution in [-0.4, -0.2) is 19.6 Å². The standard InChI is InChI=1S/C12H15NO2/c1-8-6-13-7-10-5-9(12(14)15-2)3-4-11(8)10/h3-5,8,13H,6-7H2,1-2H3. The van der Waals surface area contributed by atoms with Gasteiger partial charge in [0.1, 0.15) is 0 Å². The number of carbonyl (C=O) groups excluding carboxylic acids is 1. The topological polar surface area (TPSA) is 38.3 Å². The van der Waals surface area contributed by atoms with E-state index in [2.05, 4.69) is 12.2 Å². The molecule has 0 spiro atoms. The van der Waals surface area contributed by atoms with Crippen LogP contribution in [0.4, 0.5) is 0 Å². The summed E-state index contributed by atoms with van der Waals surface area (Å²) in [6.45, 7) is 4.03. The van der Waals surface area contributed by atoms with Gasteiger partial charge in [-0.1, -0.05) is 13.0 Å². The van der Waals surface area contributed by atoms with Crippen LogP contribution in [0.5, 0.6) is 0 Å². The summed E-state index contributed by atoms with van der Waals surface area (Å²) in [6, 6.07) is 5.80. The molecule has 2 rings (SSSR count). The molecule has 1 atom stereocenters. The summed E-state index contributed by atoms with van der Waals surface area (Å²) in [6.07, 6.45) is 0. The highest BCUT2D eigenvalue weighted by Crippen LogP contribution is 2.24. The molecule has 0 radical (unpaired) electrons. The van der Waals surface area contributed by atoms with Crippen LogP contribution in [0.25, 0.3) is 0 Å². The Labute approximate surface area is 89.4 Å². The summed E-state index contributed by atoms with van der Waals surface area (Å²) in [5, 5.41) is 3.32. The van der Waals surface area contributed by atoms with Crippen molar-refractivity contribution in [3.8, 4) is 0 Å². The minimum absolute atomic E-state index is 0.268. The average Bonchev–Trinajstić information content (AvgIpc) is 2.28. The van der Waals surface area contributed by atoms with Crippen LogP contribution >= 0.6 is 0 Å². The molecular formula is C12H15NO2. The fraction of sp³-hybridized carbons (Fsp3) is 0.417. The van der Waals surface area contributed by atoms with Crippen LogP contribution in [0.15, 0.2) is 18.2 Å².